The average Bonchev–Trinajstić information content (AvgIpc) is 2.76. The van der Waals surface area contributed by atoms with Crippen molar-refractivity contribution >= 4 is 36.4 Å². The maximum Gasteiger partial charge on any atom is 0.254 e. The molecule has 7 heteroatoms. The summed E-state index contributed by atoms with van der Waals surface area (Å²) in [5, 5.41) is 9.21. The van der Waals surface area contributed by atoms with Gasteiger partial charge in [0, 0.05) is 63.5 Å². The molecule has 1 aliphatic rings. The van der Waals surface area contributed by atoms with Gasteiger partial charge in [0.05, 0.1) is 6.61 Å². The number of rotatable bonds is 8. The molecule has 0 aromatic heterocycles. The molecule has 0 aliphatic carbocycles. The maximum absolute atomic E-state index is 13.3. The van der Waals surface area contributed by atoms with Crippen molar-refractivity contribution in [3.8, 4) is 0 Å². The fourth-order valence-electron chi connectivity index (χ4n) is 4.09. The van der Waals surface area contributed by atoms with Gasteiger partial charge in [0.2, 0.25) is 0 Å². The summed E-state index contributed by atoms with van der Waals surface area (Å²) in [5.41, 5.74) is 4.31. The van der Waals surface area contributed by atoms with Gasteiger partial charge in [-0.05, 0) is 37.1 Å². The second kappa shape index (κ2) is 13.6. The van der Waals surface area contributed by atoms with Crippen LogP contribution in [0.3, 0.4) is 0 Å². The number of anilines is 1. The van der Waals surface area contributed by atoms with E-state index in [2.05, 4.69) is 40.1 Å². The van der Waals surface area contributed by atoms with Crippen molar-refractivity contribution in [2.75, 3.05) is 57.3 Å². The molecule has 2 aromatic carbocycles. The van der Waals surface area contributed by atoms with Crippen molar-refractivity contribution in [2.24, 2.45) is 0 Å². The molecular formula is C24H35Cl2N3O2. The Morgan fingerprint density at radius 3 is 2.16 bits per heavy atom. The number of hydrogen-bond acceptors (Lipinski definition) is 4. The number of β-amino-alcohol motifs (C(OH)–C–C–N with tert-alkyl or cyclic N) is 1. The van der Waals surface area contributed by atoms with Crippen LogP contribution >= 0.6 is 24.8 Å². The van der Waals surface area contributed by atoms with Crippen LogP contribution in [0.2, 0.25) is 0 Å². The van der Waals surface area contributed by atoms with Gasteiger partial charge < -0.3 is 14.9 Å². The molecule has 1 amide bonds. The van der Waals surface area contributed by atoms with Gasteiger partial charge in [-0.3, -0.25) is 9.69 Å². The Morgan fingerprint density at radius 2 is 1.58 bits per heavy atom. The molecule has 1 saturated heterocycles. The minimum absolute atomic E-state index is 0. The van der Waals surface area contributed by atoms with Crippen molar-refractivity contribution in [3.63, 3.8) is 0 Å². The fourth-order valence-corrected chi connectivity index (χ4v) is 4.09. The van der Waals surface area contributed by atoms with E-state index >= 15 is 0 Å². The lowest BCUT2D eigenvalue weighted by molar-refractivity contribution is 0.0772. The van der Waals surface area contributed by atoms with Crippen LogP contribution in [0.5, 0.6) is 0 Å². The van der Waals surface area contributed by atoms with E-state index in [9.17, 15) is 9.90 Å². The highest BCUT2D eigenvalue weighted by Crippen LogP contribution is 2.29. The van der Waals surface area contributed by atoms with E-state index in [1.54, 1.807) is 0 Å². The molecule has 1 fully saturated rings. The van der Waals surface area contributed by atoms with Crippen molar-refractivity contribution in [1.29, 1.82) is 0 Å². The number of halogens is 2. The van der Waals surface area contributed by atoms with E-state index in [1.165, 1.54) is 5.56 Å². The van der Waals surface area contributed by atoms with Crippen LogP contribution in [0.4, 0.5) is 5.69 Å². The third-order valence-electron chi connectivity index (χ3n) is 5.79. The minimum atomic E-state index is 0. The predicted molar refractivity (Wildman–Crippen MR) is 133 cm³/mol. The van der Waals surface area contributed by atoms with E-state index in [0.29, 0.717) is 13.1 Å². The molecule has 0 radical (unpaired) electrons. The summed E-state index contributed by atoms with van der Waals surface area (Å²) in [4.78, 5) is 19.8. The summed E-state index contributed by atoms with van der Waals surface area (Å²) in [5.74, 6) is 0.113. The first kappa shape index (κ1) is 27.2. The highest BCUT2D eigenvalue weighted by molar-refractivity contribution is 5.97. The molecule has 1 aliphatic heterocycles. The monoisotopic (exact) mass is 467 g/mol. The minimum Gasteiger partial charge on any atom is -0.395 e. The fraction of sp³-hybridized carbons (Fsp3) is 0.458. The molecule has 0 atom stereocenters. The quantitative estimate of drug-likeness (QED) is 0.642. The van der Waals surface area contributed by atoms with Gasteiger partial charge in [0.15, 0.2) is 0 Å². The first-order chi connectivity index (χ1) is 14.2. The first-order valence-corrected chi connectivity index (χ1v) is 10.7. The second-order valence-corrected chi connectivity index (χ2v) is 7.50. The number of amides is 1. The van der Waals surface area contributed by atoms with Gasteiger partial charge in [-0.25, -0.2) is 0 Å². The van der Waals surface area contributed by atoms with Gasteiger partial charge in [-0.15, -0.1) is 24.8 Å². The van der Waals surface area contributed by atoms with E-state index in [0.717, 1.165) is 56.0 Å². The first-order valence-electron chi connectivity index (χ1n) is 10.7. The van der Waals surface area contributed by atoms with Gasteiger partial charge >= 0.3 is 0 Å². The smallest absolute Gasteiger partial charge is 0.254 e. The highest BCUT2D eigenvalue weighted by atomic mass is 35.5. The predicted octanol–water partition coefficient (Wildman–Crippen LogP) is 3.72. The van der Waals surface area contributed by atoms with Crippen LogP contribution in [-0.4, -0.2) is 73.2 Å². The molecule has 0 spiro atoms. The van der Waals surface area contributed by atoms with Crippen LogP contribution in [0, 0.1) is 0 Å². The summed E-state index contributed by atoms with van der Waals surface area (Å²) in [6.07, 6.45) is 0.746. The molecule has 0 unspecified atom stereocenters. The zero-order valence-corrected chi connectivity index (χ0v) is 20.1. The Hall–Kier alpha value is -1.79. The topological polar surface area (TPSA) is 47.0 Å². The van der Waals surface area contributed by atoms with Crippen molar-refractivity contribution in [1.82, 2.24) is 9.80 Å². The number of benzene rings is 2. The Kier molecular flexibility index (Phi) is 11.9. The molecule has 3 rings (SSSR count). The van der Waals surface area contributed by atoms with Gasteiger partial charge in [-0.2, -0.15) is 0 Å². The number of hydrogen-bond donors (Lipinski definition) is 1. The van der Waals surface area contributed by atoms with E-state index in [4.69, 9.17) is 0 Å². The Morgan fingerprint density at radius 1 is 0.935 bits per heavy atom. The van der Waals surface area contributed by atoms with E-state index in [1.807, 2.05) is 36.9 Å². The third-order valence-corrected chi connectivity index (χ3v) is 5.79. The summed E-state index contributed by atoms with van der Waals surface area (Å²) in [6.45, 7) is 10.1. The van der Waals surface area contributed by atoms with Gasteiger partial charge in [0.1, 0.15) is 0 Å². The standard InChI is InChI=1S/C24H33N3O2.2ClH/c1-3-26(4-2)24(29)21-11-8-12-23(22(21)19-20-9-6-5-7-10-20)27-15-13-25(14-16-27)17-18-28;;/h5-12,28H,3-4,13-19H2,1-2H3;2*1H. The number of carbonyl (C=O) groups is 1. The lowest BCUT2D eigenvalue weighted by atomic mass is 9.96. The molecule has 0 saturated carbocycles. The van der Waals surface area contributed by atoms with Crippen LogP contribution in [0.25, 0.3) is 0 Å². The normalized spacial score (nSPS) is 13.8. The Balaban J connectivity index is 0.00000240. The lowest BCUT2D eigenvalue weighted by Crippen LogP contribution is -2.47. The number of carbonyl (C=O) groups excluding carboxylic acids is 1. The molecule has 172 valence electrons. The molecular weight excluding hydrogens is 433 g/mol. The molecule has 2 aromatic rings. The summed E-state index contributed by atoms with van der Waals surface area (Å²) in [6, 6.07) is 16.5. The van der Waals surface area contributed by atoms with E-state index in [-0.39, 0.29) is 37.3 Å². The summed E-state index contributed by atoms with van der Waals surface area (Å²) < 4.78 is 0. The molecule has 31 heavy (non-hydrogen) atoms. The number of aliphatic hydroxyl groups excluding tert-OH is 1. The van der Waals surface area contributed by atoms with Crippen LogP contribution < -0.4 is 4.90 Å². The zero-order chi connectivity index (χ0) is 20.6. The van der Waals surface area contributed by atoms with E-state index < -0.39 is 0 Å². The lowest BCUT2D eigenvalue weighted by Gasteiger charge is -2.37. The van der Waals surface area contributed by atoms with Crippen LogP contribution in [-0.2, 0) is 6.42 Å². The van der Waals surface area contributed by atoms with Crippen molar-refractivity contribution in [2.45, 2.75) is 20.3 Å². The maximum atomic E-state index is 13.3. The molecule has 5 nitrogen and oxygen atoms in total. The van der Waals surface area contributed by atoms with Crippen LogP contribution in [0.15, 0.2) is 48.5 Å². The Labute approximate surface area is 198 Å². The Bertz CT molecular complexity index is 793. The van der Waals surface area contributed by atoms with Crippen molar-refractivity contribution in [3.05, 3.63) is 65.2 Å². The van der Waals surface area contributed by atoms with Crippen molar-refractivity contribution < 1.29 is 9.90 Å². The second-order valence-electron chi connectivity index (χ2n) is 7.50. The zero-order valence-electron chi connectivity index (χ0n) is 18.5. The molecule has 0 bridgehead atoms. The SMILES string of the molecule is CCN(CC)C(=O)c1cccc(N2CCN(CCO)CC2)c1Cc1ccccc1.Cl.Cl. The van der Waals surface area contributed by atoms with Gasteiger partial charge in [-0.1, -0.05) is 36.4 Å². The molecule has 1 heterocycles. The largest absolute Gasteiger partial charge is 0.395 e. The van der Waals surface area contributed by atoms with Gasteiger partial charge in [0.25, 0.3) is 5.91 Å². The highest BCUT2D eigenvalue weighted by Gasteiger charge is 2.24. The number of piperazine rings is 1. The third kappa shape index (κ3) is 6.84. The summed E-state index contributed by atoms with van der Waals surface area (Å²) >= 11 is 0. The number of aliphatic hydroxyl groups is 1. The average molecular weight is 468 g/mol. The summed E-state index contributed by atoms with van der Waals surface area (Å²) in [7, 11) is 0. The number of nitrogens with zero attached hydrogens (tertiary/aromatic N) is 3. The van der Waals surface area contributed by atoms with Crippen LogP contribution in [0.1, 0.15) is 35.3 Å². The molecule has 1 N–H and O–H groups in total.